The number of hydrogen-bond acceptors (Lipinski definition) is 4. The molecule has 0 spiro atoms. The zero-order valence-corrected chi connectivity index (χ0v) is 9.03. The molecule has 0 saturated heterocycles. The maximum absolute atomic E-state index is 6.06. The van der Waals surface area contributed by atoms with Crippen molar-refractivity contribution in [2.24, 2.45) is 12.8 Å². The fraction of sp³-hybridized carbons (Fsp3) is 0.778. The van der Waals surface area contributed by atoms with E-state index in [1.165, 1.54) is 6.33 Å². The van der Waals surface area contributed by atoms with Gasteiger partial charge < -0.3 is 10.5 Å². The van der Waals surface area contributed by atoms with Crippen molar-refractivity contribution in [2.75, 3.05) is 13.2 Å². The molecule has 0 fully saturated rings. The smallest absolute Gasteiger partial charge is 0.138 e. The van der Waals surface area contributed by atoms with Gasteiger partial charge in [0.25, 0.3) is 0 Å². The van der Waals surface area contributed by atoms with Crippen LogP contribution in [0.2, 0.25) is 0 Å². The monoisotopic (exact) mass is 198 g/mol. The molecular weight excluding hydrogens is 180 g/mol. The van der Waals surface area contributed by atoms with Crippen LogP contribution in [0.15, 0.2) is 6.33 Å². The van der Waals surface area contributed by atoms with Crippen molar-refractivity contribution < 1.29 is 4.74 Å². The van der Waals surface area contributed by atoms with Crippen LogP contribution in [0.25, 0.3) is 0 Å². The fourth-order valence-corrected chi connectivity index (χ4v) is 1.23. The second-order valence-corrected chi connectivity index (χ2v) is 3.77. The molecule has 0 aromatic carbocycles. The highest BCUT2D eigenvalue weighted by molar-refractivity contribution is 4.94. The lowest BCUT2D eigenvalue weighted by Crippen LogP contribution is -2.44. The van der Waals surface area contributed by atoms with Crippen LogP contribution in [0.4, 0.5) is 0 Å². The van der Waals surface area contributed by atoms with E-state index in [1.807, 2.05) is 20.9 Å². The summed E-state index contributed by atoms with van der Waals surface area (Å²) in [7, 11) is 1.86. The minimum Gasteiger partial charge on any atom is -0.380 e. The van der Waals surface area contributed by atoms with E-state index < -0.39 is 0 Å². The lowest BCUT2D eigenvalue weighted by Gasteiger charge is -2.23. The topological polar surface area (TPSA) is 66.0 Å². The minimum absolute atomic E-state index is 0.378. The van der Waals surface area contributed by atoms with Gasteiger partial charge in [0, 0.05) is 25.6 Å². The van der Waals surface area contributed by atoms with Gasteiger partial charge in [-0.25, -0.2) is 4.98 Å². The maximum Gasteiger partial charge on any atom is 0.138 e. The molecule has 1 aromatic heterocycles. The van der Waals surface area contributed by atoms with Crippen LogP contribution in [-0.2, 0) is 18.2 Å². The third-order valence-corrected chi connectivity index (χ3v) is 2.00. The molecule has 0 aliphatic heterocycles. The van der Waals surface area contributed by atoms with Gasteiger partial charge in [0.1, 0.15) is 12.2 Å². The van der Waals surface area contributed by atoms with Gasteiger partial charge >= 0.3 is 0 Å². The Morgan fingerprint density at radius 1 is 1.64 bits per heavy atom. The first-order valence-corrected chi connectivity index (χ1v) is 4.74. The van der Waals surface area contributed by atoms with Gasteiger partial charge in [0.15, 0.2) is 0 Å². The molecule has 1 unspecified atom stereocenters. The zero-order chi connectivity index (χ0) is 10.6. The van der Waals surface area contributed by atoms with E-state index >= 15 is 0 Å². The number of rotatable bonds is 5. The Bertz CT molecular complexity index is 282. The predicted octanol–water partition coefficient (Wildman–Crippen LogP) is 0.111. The maximum atomic E-state index is 6.06. The van der Waals surface area contributed by atoms with Crippen LogP contribution in [0.5, 0.6) is 0 Å². The van der Waals surface area contributed by atoms with E-state index in [0.717, 1.165) is 5.82 Å². The first-order valence-electron chi connectivity index (χ1n) is 4.74. The lowest BCUT2D eigenvalue weighted by atomic mass is 10.0. The number of nitrogens with zero attached hydrogens (tertiary/aromatic N) is 3. The average molecular weight is 198 g/mol. The summed E-state index contributed by atoms with van der Waals surface area (Å²) in [4.78, 5) is 4.13. The molecule has 14 heavy (non-hydrogen) atoms. The van der Waals surface area contributed by atoms with Crippen LogP contribution in [0.3, 0.4) is 0 Å². The number of aromatic nitrogens is 3. The minimum atomic E-state index is -0.378. The van der Waals surface area contributed by atoms with Gasteiger partial charge in [-0.1, -0.05) is 0 Å². The quantitative estimate of drug-likeness (QED) is 0.729. The van der Waals surface area contributed by atoms with Crippen molar-refractivity contribution in [2.45, 2.75) is 25.8 Å². The van der Waals surface area contributed by atoms with Crippen molar-refractivity contribution in [1.82, 2.24) is 14.8 Å². The second-order valence-electron chi connectivity index (χ2n) is 3.77. The van der Waals surface area contributed by atoms with E-state index in [4.69, 9.17) is 10.5 Å². The Labute approximate surface area is 84.3 Å². The van der Waals surface area contributed by atoms with Crippen LogP contribution >= 0.6 is 0 Å². The Morgan fingerprint density at radius 2 is 2.36 bits per heavy atom. The molecule has 1 rings (SSSR count). The summed E-state index contributed by atoms with van der Waals surface area (Å²) in [5, 5.41) is 3.99. The highest BCUT2D eigenvalue weighted by Gasteiger charge is 2.21. The van der Waals surface area contributed by atoms with E-state index in [-0.39, 0.29) is 5.54 Å². The van der Waals surface area contributed by atoms with Crippen molar-refractivity contribution in [1.29, 1.82) is 0 Å². The SMILES string of the molecule is CCOCC(C)(N)Cc1ncnn1C. The highest BCUT2D eigenvalue weighted by Crippen LogP contribution is 2.07. The zero-order valence-electron chi connectivity index (χ0n) is 9.03. The summed E-state index contributed by atoms with van der Waals surface area (Å²) in [6.45, 7) is 5.14. The van der Waals surface area contributed by atoms with Crippen LogP contribution in [-0.4, -0.2) is 33.5 Å². The largest absolute Gasteiger partial charge is 0.380 e. The van der Waals surface area contributed by atoms with Gasteiger partial charge in [-0.15, -0.1) is 0 Å². The number of ether oxygens (including phenoxy) is 1. The highest BCUT2D eigenvalue weighted by atomic mass is 16.5. The van der Waals surface area contributed by atoms with Crippen molar-refractivity contribution in [3.8, 4) is 0 Å². The molecule has 80 valence electrons. The molecule has 1 aromatic rings. The molecular formula is C9H18N4O. The molecule has 0 aliphatic carbocycles. The molecule has 5 heteroatoms. The molecule has 1 atom stereocenters. The van der Waals surface area contributed by atoms with Crippen molar-refractivity contribution >= 4 is 0 Å². The van der Waals surface area contributed by atoms with Gasteiger partial charge in [-0.05, 0) is 13.8 Å². The Balaban J connectivity index is 2.54. The summed E-state index contributed by atoms with van der Waals surface area (Å²) in [6, 6.07) is 0. The van der Waals surface area contributed by atoms with Crippen LogP contribution in [0, 0.1) is 0 Å². The van der Waals surface area contributed by atoms with Crippen LogP contribution in [0.1, 0.15) is 19.7 Å². The predicted molar refractivity (Wildman–Crippen MR) is 53.8 cm³/mol. The van der Waals surface area contributed by atoms with E-state index in [1.54, 1.807) is 4.68 Å². The lowest BCUT2D eigenvalue weighted by molar-refractivity contribution is 0.100. The Hall–Kier alpha value is -0.940. The van der Waals surface area contributed by atoms with Crippen LogP contribution < -0.4 is 5.73 Å². The molecule has 0 aliphatic rings. The van der Waals surface area contributed by atoms with E-state index in [9.17, 15) is 0 Å². The second kappa shape index (κ2) is 4.52. The van der Waals surface area contributed by atoms with Gasteiger partial charge in [0.05, 0.1) is 6.61 Å². The third-order valence-electron chi connectivity index (χ3n) is 2.00. The molecule has 1 heterocycles. The third kappa shape index (κ3) is 3.08. The Morgan fingerprint density at radius 3 is 2.86 bits per heavy atom. The normalized spacial score (nSPS) is 15.4. The fourth-order valence-electron chi connectivity index (χ4n) is 1.23. The van der Waals surface area contributed by atoms with Crippen molar-refractivity contribution in [3.05, 3.63) is 12.2 Å². The van der Waals surface area contributed by atoms with Gasteiger partial charge in [-0.3, -0.25) is 4.68 Å². The molecule has 0 saturated carbocycles. The van der Waals surface area contributed by atoms with E-state index in [2.05, 4.69) is 10.1 Å². The summed E-state index contributed by atoms with van der Waals surface area (Å²) in [6.07, 6.45) is 2.20. The summed E-state index contributed by atoms with van der Waals surface area (Å²) >= 11 is 0. The summed E-state index contributed by atoms with van der Waals surface area (Å²) in [5.74, 6) is 0.884. The number of hydrogen-bond donors (Lipinski definition) is 1. The molecule has 0 radical (unpaired) electrons. The number of aryl methyl sites for hydroxylation is 1. The van der Waals surface area contributed by atoms with Gasteiger partial charge in [-0.2, -0.15) is 5.10 Å². The summed E-state index contributed by atoms with van der Waals surface area (Å²) in [5.41, 5.74) is 5.68. The Kier molecular flexibility index (Phi) is 3.60. The van der Waals surface area contributed by atoms with Crippen molar-refractivity contribution in [3.63, 3.8) is 0 Å². The molecule has 2 N–H and O–H groups in total. The molecule has 5 nitrogen and oxygen atoms in total. The standard InChI is InChI=1S/C9H18N4O/c1-4-14-6-9(2,10)5-8-11-7-12-13(8)3/h7H,4-6,10H2,1-3H3. The average Bonchev–Trinajstić information content (AvgIpc) is 2.48. The molecule has 0 amide bonds. The molecule has 0 bridgehead atoms. The number of nitrogens with two attached hydrogens (primary N) is 1. The summed E-state index contributed by atoms with van der Waals surface area (Å²) < 4.78 is 7.04. The first kappa shape index (κ1) is 11.1. The van der Waals surface area contributed by atoms with Gasteiger partial charge in [0.2, 0.25) is 0 Å². The van der Waals surface area contributed by atoms with E-state index in [0.29, 0.717) is 19.6 Å². The first-order chi connectivity index (χ1) is 6.55.